The van der Waals surface area contributed by atoms with E-state index in [1.54, 1.807) is 6.92 Å². The van der Waals surface area contributed by atoms with Gasteiger partial charge in [-0.25, -0.2) is 17.6 Å². The molecule has 0 saturated heterocycles. The van der Waals surface area contributed by atoms with Crippen LogP contribution in [0.25, 0.3) is 0 Å². The second kappa shape index (κ2) is 6.12. The summed E-state index contributed by atoms with van der Waals surface area (Å²) >= 11 is 11.5. The number of rotatable bonds is 3. The molecule has 2 rings (SSSR count). The van der Waals surface area contributed by atoms with E-state index in [0.29, 0.717) is 5.56 Å². The largest absolute Gasteiger partial charge is 0.376 e. The molecule has 1 atom stereocenters. The van der Waals surface area contributed by atoms with Gasteiger partial charge in [-0.2, -0.15) is 0 Å². The fourth-order valence-corrected chi connectivity index (χ4v) is 2.36. The van der Waals surface area contributed by atoms with Crippen molar-refractivity contribution in [1.29, 1.82) is 0 Å². The van der Waals surface area contributed by atoms with Crippen LogP contribution in [0.15, 0.2) is 24.3 Å². The third-order valence-electron chi connectivity index (χ3n) is 2.91. The minimum Gasteiger partial charge on any atom is -0.376 e. The van der Waals surface area contributed by atoms with Crippen LogP contribution in [0.4, 0.5) is 23.2 Å². The van der Waals surface area contributed by atoms with Crippen LogP contribution in [-0.2, 0) is 0 Å². The predicted molar refractivity (Wildman–Crippen MR) is 74.8 cm³/mol. The van der Waals surface area contributed by atoms with Gasteiger partial charge >= 0.3 is 0 Å². The zero-order valence-electron chi connectivity index (χ0n) is 10.7. The van der Waals surface area contributed by atoms with Crippen molar-refractivity contribution in [3.63, 3.8) is 0 Å². The van der Waals surface area contributed by atoms with Crippen LogP contribution in [0.5, 0.6) is 0 Å². The summed E-state index contributed by atoms with van der Waals surface area (Å²) < 4.78 is 53.0. The summed E-state index contributed by atoms with van der Waals surface area (Å²) in [7, 11) is 0. The van der Waals surface area contributed by atoms with Gasteiger partial charge in [-0.15, -0.1) is 0 Å². The summed E-state index contributed by atoms with van der Waals surface area (Å²) in [6.07, 6.45) is 0. The highest BCUT2D eigenvalue weighted by atomic mass is 35.5. The van der Waals surface area contributed by atoms with E-state index in [0.717, 1.165) is 18.2 Å². The van der Waals surface area contributed by atoms with Crippen LogP contribution >= 0.6 is 23.2 Å². The van der Waals surface area contributed by atoms with Gasteiger partial charge in [-0.05, 0) is 36.8 Å². The molecule has 0 aromatic heterocycles. The highest BCUT2D eigenvalue weighted by Gasteiger charge is 2.18. The van der Waals surface area contributed by atoms with Gasteiger partial charge in [0.25, 0.3) is 0 Å². The first kappa shape index (κ1) is 15.9. The maximum atomic E-state index is 13.6. The molecule has 112 valence electrons. The Hall–Kier alpha value is -1.46. The van der Waals surface area contributed by atoms with Crippen LogP contribution in [0.2, 0.25) is 10.0 Å². The van der Waals surface area contributed by atoms with Crippen molar-refractivity contribution < 1.29 is 17.6 Å². The average Bonchev–Trinajstić information content (AvgIpc) is 2.43. The number of halogens is 6. The SMILES string of the molecule is CC(Nc1ccc(F)c(F)c1F)c1cc(F)c(Cl)cc1Cl. The van der Waals surface area contributed by atoms with E-state index >= 15 is 0 Å². The van der Waals surface area contributed by atoms with Crippen LogP contribution in [0.1, 0.15) is 18.5 Å². The molecule has 0 radical (unpaired) electrons. The molecule has 0 fully saturated rings. The van der Waals surface area contributed by atoms with Crippen molar-refractivity contribution in [2.24, 2.45) is 0 Å². The molecule has 0 saturated carbocycles. The van der Waals surface area contributed by atoms with Gasteiger partial charge in [0.1, 0.15) is 5.82 Å². The molecule has 0 heterocycles. The van der Waals surface area contributed by atoms with Crippen molar-refractivity contribution in [2.45, 2.75) is 13.0 Å². The van der Waals surface area contributed by atoms with E-state index in [-0.39, 0.29) is 15.7 Å². The summed E-state index contributed by atoms with van der Waals surface area (Å²) in [5.41, 5.74) is 0.0514. The second-order valence-corrected chi connectivity index (χ2v) is 5.19. The monoisotopic (exact) mass is 337 g/mol. The van der Waals surface area contributed by atoms with E-state index in [2.05, 4.69) is 5.32 Å². The summed E-state index contributed by atoms with van der Waals surface area (Å²) in [5, 5.41) is 2.63. The Bertz CT molecular complexity index is 691. The van der Waals surface area contributed by atoms with E-state index in [4.69, 9.17) is 23.2 Å². The topological polar surface area (TPSA) is 12.0 Å². The number of hydrogen-bond donors (Lipinski definition) is 1. The summed E-state index contributed by atoms with van der Waals surface area (Å²) in [6, 6.07) is 3.50. The molecule has 2 aromatic carbocycles. The number of anilines is 1. The quantitative estimate of drug-likeness (QED) is 0.429. The van der Waals surface area contributed by atoms with Crippen LogP contribution < -0.4 is 5.32 Å². The van der Waals surface area contributed by atoms with Gasteiger partial charge in [0, 0.05) is 5.02 Å². The minimum absolute atomic E-state index is 0.144. The smallest absolute Gasteiger partial charge is 0.196 e. The van der Waals surface area contributed by atoms with E-state index in [1.807, 2.05) is 0 Å². The van der Waals surface area contributed by atoms with Crippen molar-refractivity contribution in [3.8, 4) is 0 Å². The second-order valence-electron chi connectivity index (χ2n) is 4.38. The lowest BCUT2D eigenvalue weighted by molar-refractivity contribution is 0.448. The lowest BCUT2D eigenvalue weighted by atomic mass is 10.1. The molecule has 1 N–H and O–H groups in total. The molecule has 1 unspecified atom stereocenters. The van der Waals surface area contributed by atoms with E-state index < -0.39 is 29.3 Å². The molecule has 0 amide bonds. The first-order chi connectivity index (χ1) is 9.81. The highest BCUT2D eigenvalue weighted by Crippen LogP contribution is 2.31. The van der Waals surface area contributed by atoms with Gasteiger partial charge in [0.05, 0.1) is 16.8 Å². The fourth-order valence-electron chi connectivity index (χ4n) is 1.82. The molecule has 0 spiro atoms. The van der Waals surface area contributed by atoms with Crippen LogP contribution in [-0.4, -0.2) is 0 Å². The Morgan fingerprint density at radius 1 is 0.905 bits per heavy atom. The summed E-state index contributed by atoms with van der Waals surface area (Å²) in [5.74, 6) is -4.91. The molecule has 0 aliphatic heterocycles. The molecule has 1 nitrogen and oxygen atoms in total. The predicted octanol–water partition coefficient (Wildman–Crippen LogP) is 5.72. The Morgan fingerprint density at radius 2 is 1.57 bits per heavy atom. The molecule has 0 aliphatic rings. The Labute approximate surface area is 128 Å². The normalized spacial score (nSPS) is 12.3. The fraction of sp³-hybridized carbons (Fsp3) is 0.143. The first-order valence-electron chi connectivity index (χ1n) is 5.85. The lowest BCUT2D eigenvalue weighted by Gasteiger charge is -2.18. The van der Waals surface area contributed by atoms with Crippen LogP contribution in [0, 0.1) is 23.3 Å². The van der Waals surface area contributed by atoms with E-state index in [1.165, 1.54) is 6.07 Å². The van der Waals surface area contributed by atoms with Gasteiger partial charge in [0.15, 0.2) is 17.5 Å². The Morgan fingerprint density at radius 3 is 2.24 bits per heavy atom. The molecule has 0 bridgehead atoms. The van der Waals surface area contributed by atoms with Gasteiger partial charge in [-0.3, -0.25) is 0 Å². The summed E-state index contributed by atoms with van der Waals surface area (Å²) in [4.78, 5) is 0. The molecule has 0 aliphatic carbocycles. The standard InChI is InChI=1S/C14H9Cl2F4N/c1-6(7-4-11(18)9(16)5-8(7)15)21-12-3-2-10(17)13(19)14(12)20/h2-6,21H,1H3. The molecular formula is C14H9Cl2F4N. The Balaban J connectivity index is 2.32. The van der Waals surface area contributed by atoms with Crippen molar-refractivity contribution >= 4 is 28.9 Å². The minimum atomic E-state index is -1.58. The number of nitrogens with one attached hydrogen (secondary N) is 1. The molecule has 7 heteroatoms. The lowest BCUT2D eigenvalue weighted by Crippen LogP contribution is -2.10. The maximum absolute atomic E-state index is 13.6. The average molecular weight is 338 g/mol. The van der Waals surface area contributed by atoms with Crippen molar-refractivity contribution in [1.82, 2.24) is 0 Å². The highest BCUT2D eigenvalue weighted by molar-refractivity contribution is 6.35. The van der Waals surface area contributed by atoms with Gasteiger partial charge in [-0.1, -0.05) is 23.2 Å². The zero-order valence-corrected chi connectivity index (χ0v) is 12.2. The number of benzene rings is 2. The molecule has 21 heavy (non-hydrogen) atoms. The third kappa shape index (κ3) is 3.24. The van der Waals surface area contributed by atoms with Gasteiger partial charge in [0.2, 0.25) is 0 Å². The number of hydrogen-bond acceptors (Lipinski definition) is 1. The molecular weight excluding hydrogens is 329 g/mol. The zero-order chi connectivity index (χ0) is 15.7. The van der Waals surface area contributed by atoms with Crippen molar-refractivity contribution in [2.75, 3.05) is 5.32 Å². The van der Waals surface area contributed by atoms with Crippen molar-refractivity contribution in [3.05, 3.63) is 63.1 Å². The maximum Gasteiger partial charge on any atom is 0.196 e. The van der Waals surface area contributed by atoms with Gasteiger partial charge < -0.3 is 5.32 Å². The summed E-state index contributed by atoms with van der Waals surface area (Å²) in [6.45, 7) is 1.56. The Kier molecular flexibility index (Phi) is 4.64. The molecule has 2 aromatic rings. The van der Waals surface area contributed by atoms with E-state index in [9.17, 15) is 17.6 Å². The van der Waals surface area contributed by atoms with Crippen LogP contribution in [0.3, 0.4) is 0 Å². The first-order valence-corrected chi connectivity index (χ1v) is 6.61. The third-order valence-corrected chi connectivity index (χ3v) is 3.53.